The fourth-order valence-corrected chi connectivity index (χ4v) is 6.02. The Bertz CT molecular complexity index is 1340. The minimum absolute atomic E-state index is 0.00153. The summed E-state index contributed by atoms with van der Waals surface area (Å²) in [5.74, 6) is -1.04. The molecule has 1 saturated heterocycles. The van der Waals surface area contributed by atoms with Gasteiger partial charge in [0.05, 0.1) is 21.4 Å². The number of aromatic nitrogens is 2. The van der Waals surface area contributed by atoms with Crippen molar-refractivity contribution in [3.8, 4) is 0 Å². The van der Waals surface area contributed by atoms with E-state index in [1.807, 2.05) is 17.6 Å². The molecule has 1 N–H and O–H groups in total. The van der Waals surface area contributed by atoms with Crippen LogP contribution in [0.4, 0.5) is 0 Å². The number of hydrogen-bond donors (Lipinski definition) is 1. The Labute approximate surface area is 201 Å². The van der Waals surface area contributed by atoms with Gasteiger partial charge in [-0.25, -0.2) is 18.1 Å². The van der Waals surface area contributed by atoms with Crippen molar-refractivity contribution in [2.45, 2.75) is 29.9 Å². The van der Waals surface area contributed by atoms with E-state index >= 15 is 0 Å². The van der Waals surface area contributed by atoms with E-state index in [4.69, 9.17) is 11.6 Å². The number of imidazole rings is 1. The minimum atomic E-state index is -4.02. The Morgan fingerprint density at radius 3 is 2.76 bits per heavy atom. The summed E-state index contributed by atoms with van der Waals surface area (Å²) in [6.45, 7) is 2.34. The summed E-state index contributed by atoms with van der Waals surface area (Å²) < 4.78 is 29.9. The molecule has 1 unspecified atom stereocenters. The molecular formula is C22H23ClN4O4S2. The Balaban J connectivity index is 1.49. The van der Waals surface area contributed by atoms with E-state index in [1.165, 1.54) is 22.7 Å². The highest BCUT2D eigenvalue weighted by molar-refractivity contribution is 7.98. The lowest BCUT2D eigenvalue weighted by molar-refractivity contribution is 0.0726. The number of carbonyl (C=O) groups excluding carboxylic acids is 2. The average molecular weight is 507 g/mol. The first-order chi connectivity index (χ1) is 15.7. The number of hydrogen-bond acceptors (Lipinski definition) is 6. The highest BCUT2D eigenvalue weighted by Crippen LogP contribution is 2.24. The molecule has 33 heavy (non-hydrogen) atoms. The number of nitrogens with one attached hydrogen (secondary N) is 1. The van der Waals surface area contributed by atoms with Gasteiger partial charge in [-0.1, -0.05) is 11.6 Å². The number of likely N-dealkylation sites (tertiary alicyclic amines) is 1. The Hall–Kier alpha value is -2.56. The zero-order chi connectivity index (χ0) is 23.8. The second kappa shape index (κ2) is 9.36. The summed E-state index contributed by atoms with van der Waals surface area (Å²) in [5, 5.41) is -0.720. The van der Waals surface area contributed by atoms with Crippen molar-refractivity contribution >= 4 is 50.8 Å². The van der Waals surface area contributed by atoms with E-state index in [0.29, 0.717) is 24.9 Å². The summed E-state index contributed by atoms with van der Waals surface area (Å²) in [7, 11) is -4.02. The first kappa shape index (κ1) is 23.6. The molecule has 0 aliphatic carbocycles. The molecule has 1 fully saturated rings. The molecular weight excluding hydrogens is 484 g/mol. The average Bonchev–Trinajstić information content (AvgIpc) is 3.18. The van der Waals surface area contributed by atoms with Gasteiger partial charge in [0.2, 0.25) is 10.0 Å². The number of benzene rings is 1. The first-order valence-electron chi connectivity index (χ1n) is 10.3. The van der Waals surface area contributed by atoms with Gasteiger partial charge in [0.15, 0.2) is 0 Å². The number of piperidine rings is 1. The maximum atomic E-state index is 13.1. The van der Waals surface area contributed by atoms with Crippen LogP contribution in [0.15, 0.2) is 47.6 Å². The summed E-state index contributed by atoms with van der Waals surface area (Å²) in [4.78, 5) is 32.3. The van der Waals surface area contributed by atoms with Crippen molar-refractivity contribution in [3.63, 3.8) is 0 Å². The van der Waals surface area contributed by atoms with Gasteiger partial charge < -0.3 is 9.30 Å². The number of carbonyl (C=O) groups is 2. The third kappa shape index (κ3) is 4.87. The summed E-state index contributed by atoms with van der Waals surface area (Å²) >= 11 is 7.63. The zero-order valence-corrected chi connectivity index (χ0v) is 20.5. The summed E-state index contributed by atoms with van der Waals surface area (Å²) in [6, 6.07) is 8.27. The van der Waals surface area contributed by atoms with Gasteiger partial charge >= 0.3 is 0 Å². The van der Waals surface area contributed by atoms with Gasteiger partial charge in [-0.2, -0.15) is 0 Å². The van der Waals surface area contributed by atoms with Crippen LogP contribution >= 0.6 is 23.4 Å². The van der Waals surface area contributed by atoms with Crippen molar-refractivity contribution < 1.29 is 18.0 Å². The molecule has 1 aliphatic heterocycles. The van der Waals surface area contributed by atoms with Crippen LogP contribution in [0.3, 0.4) is 0 Å². The maximum absolute atomic E-state index is 13.1. The van der Waals surface area contributed by atoms with E-state index in [-0.39, 0.29) is 23.0 Å². The molecule has 0 saturated carbocycles. The lowest BCUT2D eigenvalue weighted by atomic mass is 10.1. The smallest absolute Gasteiger partial charge is 0.266 e. The molecule has 3 heterocycles. The van der Waals surface area contributed by atoms with Gasteiger partial charge in [-0.3, -0.25) is 9.59 Å². The number of thioether (sulfide) groups is 1. The Morgan fingerprint density at radius 2 is 2.03 bits per heavy atom. The topological polar surface area (TPSA) is 101 Å². The molecule has 2 aromatic heterocycles. The summed E-state index contributed by atoms with van der Waals surface area (Å²) in [6.07, 6.45) is 6.17. The molecule has 1 aromatic carbocycles. The lowest BCUT2D eigenvalue weighted by Gasteiger charge is -2.32. The van der Waals surface area contributed by atoms with Gasteiger partial charge in [0.1, 0.15) is 5.65 Å². The predicted octanol–water partition coefficient (Wildman–Crippen LogP) is 3.38. The van der Waals surface area contributed by atoms with Gasteiger partial charge in [-0.05, 0) is 56.4 Å². The van der Waals surface area contributed by atoms with Crippen molar-refractivity contribution in [2.24, 2.45) is 0 Å². The maximum Gasteiger partial charge on any atom is 0.266 e. The normalized spacial score (nSPS) is 16.7. The number of nitrogens with zero attached hydrogens (tertiary/aromatic N) is 3. The molecule has 0 spiro atoms. The van der Waals surface area contributed by atoms with Crippen LogP contribution in [0.1, 0.15) is 39.3 Å². The zero-order valence-electron chi connectivity index (χ0n) is 18.1. The first-order valence-corrected chi connectivity index (χ1v) is 13.5. The van der Waals surface area contributed by atoms with Gasteiger partial charge in [0, 0.05) is 36.1 Å². The van der Waals surface area contributed by atoms with E-state index in [0.717, 1.165) is 16.2 Å². The van der Waals surface area contributed by atoms with E-state index in [9.17, 15) is 18.0 Å². The molecule has 174 valence electrons. The third-order valence-corrected chi connectivity index (χ3v) is 8.47. The molecule has 0 radical (unpaired) electrons. The van der Waals surface area contributed by atoms with Crippen LogP contribution in [0.25, 0.3) is 5.65 Å². The second-order valence-electron chi connectivity index (χ2n) is 7.88. The predicted molar refractivity (Wildman–Crippen MR) is 128 cm³/mol. The van der Waals surface area contributed by atoms with Crippen molar-refractivity contribution in [2.75, 3.05) is 19.3 Å². The highest BCUT2D eigenvalue weighted by Gasteiger charge is 2.34. The number of halogens is 1. The minimum Gasteiger partial charge on any atom is -0.337 e. The monoisotopic (exact) mass is 506 g/mol. The standard InChI is InChI=1S/C22H23ClN4O4S2/c1-14-11-24-20-8-5-15(12-27(14)20)22(29)26-9-3-4-17(13-26)33(30,31)25-21(28)18-7-6-16(32-2)10-19(18)23/h5-8,10-12,17H,3-4,9,13H2,1-2H3,(H,25,28). The highest BCUT2D eigenvalue weighted by atomic mass is 35.5. The fourth-order valence-electron chi connectivity index (χ4n) is 3.86. The van der Waals surface area contributed by atoms with Crippen LogP contribution in [0.5, 0.6) is 0 Å². The molecule has 1 atom stereocenters. The molecule has 0 bridgehead atoms. The number of aryl methyl sites for hydroxylation is 1. The molecule has 1 aliphatic rings. The summed E-state index contributed by atoms with van der Waals surface area (Å²) in [5.41, 5.74) is 2.16. The van der Waals surface area contributed by atoms with Gasteiger partial charge in [-0.15, -0.1) is 11.8 Å². The van der Waals surface area contributed by atoms with Crippen LogP contribution in [0, 0.1) is 6.92 Å². The molecule has 4 rings (SSSR count). The molecule has 11 heteroatoms. The number of rotatable bonds is 5. The quantitative estimate of drug-likeness (QED) is 0.532. The van der Waals surface area contributed by atoms with Crippen molar-refractivity contribution in [3.05, 3.63) is 64.6 Å². The van der Waals surface area contributed by atoms with Crippen LogP contribution in [0.2, 0.25) is 5.02 Å². The fraction of sp³-hybridized carbons (Fsp3) is 0.318. The van der Waals surface area contributed by atoms with Crippen LogP contribution in [-0.4, -0.2) is 59.1 Å². The van der Waals surface area contributed by atoms with Crippen molar-refractivity contribution in [1.29, 1.82) is 0 Å². The lowest BCUT2D eigenvalue weighted by Crippen LogP contribution is -2.49. The number of fused-ring (bicyclic) bond motifs is 1. The van der Waals surface area contributed by atoms with E-state index < -0.39 is 21.2 Å². The second-order valence-corrected chi connectivity index (χ2v) is 11.1. The largest absolute Gasteiger partial charge is 0.337 e. The van der Waals surface area contributed by atoms with Gasteiger partial charge in [0.25, 0.3) is 11.8 Å². The number of sulfonamides is 1. The molecule has 8 nitrogen and oxygen atoms in total. The Morgan fingerprint density at radius 1 is 1.24 bits per heavy atom. The SMILES string of the molecule is CSc1ccc(C(=O)NS(=O)(=O)C2CCCN(C(=O)c3ccc4ncc(C)n4c3)C2)c(Cl)c1. The van der Waals surface area contributed by atoms with Crippen LogP contribution < -0.4 is 4.72 Å². The Kier molecular flexibility index (Phi) is 6.69. The third-order valence-electron chi connectivity index (χ3n) is 5.70. The van der Waals surface area contributed by atoms with Crippen molar-refractivity contribution in [1.82, 2.24) is 19.0 Å². The molecule has 3 aromatic rings. The number of amides is 2. The van der Waals surface area contributed by atoms with E-state index in [1.54, 1.807) is 36.7 Å². The van der Waals surface area contributed by atoms with Crippen LogP contribution in [-0.2, 0) is 10.0 Å². The number of pyridine rings is 1. The molecule has 2 amide bonds. The van der Waals surface area contributed by atoms with E-state index in [2.05, 4.69) is 9.71 Å².